The lowest BCUT2D eigenvalue weighted by Gasteiger charge is -2.33. The molecule has 1 aromatic rings. The van der Waals surface area contributed by atoms with Crippen molar-refractivity contribution in [1.82, 2.24) is 9.80 Å². The van der Waals surface area contributed by atoms with Crippen LogP contribution in [-0.4, -0.2) is 63.3 Å². The van der Waals surface area contributed by atoms with Crippen LogP contribution in [0.25, 0.3) is 0 Å². The molecule has 7 nitrogen and oxygen atoms in total. The summed E-state index contributed by atoms with van der Waals surface area (Å²) in [6.45, 7) is 4.78. The Morgan fingerprint density at radius 2 is 1.74 bits per heavy atom. The fraction of sp³-hybridized carbons (Fsp3) is 0.429. The Balaban J connectivity index is 0.000000339. The highest BCUT2D eigenvalue weighted by molar-refractivity contribution is 6.11. The third-order valence-corrected chi connectivity index (χ3v) is 5.69. The zero-order valence-electron chi connectivity index (χ0n) is 16.8. The lowest BCUT2D eigenvalue weighted by molar-refractivity contribution is -0.192. The van der Waals surface area contributed by atoms with Crippen molar-refractivity contribution in [1.29, 1.82) is 0 Å². The second kappa shape index (κ2) is 8.26. The molecular formula is C21H21F3N2O5. The number of halogens is 3. The van der Waals surface area contributed by atoms with Crippen LogP contribution < -0.4 is 0 Å². The van der Waals surface area contributed by atoms with Gasteiger partial charge >= 0.3 is 12.1 Å². The molecule has 3 aliphatic heterocycles. The highest BCUT2D eigenvalue weighted by Gasteiger charge is 2.63. The molecule has 0 spiro atoms. The lowest BCUT2D eigenvalue weighted by atomic mass is 9.90. The molecule has 4 unspecified atom stereocenters. The lowest BCUT2D eigenvalue weighted by Crippen LogP contribution is -2.48. The molecule has 1 aromatic carbocycles. The zero-order valence-corrected chi connectivity index (χ0v) is 16.8. The van der Waals surface area contributed by atoms with Crippen LogP contribution in [-0.2, 0) is 25.7 Å². The highest BCUT2D eigenvalue weighted by atomic mass is 19.4. The summed E-state index contributed by atoms with van der Waals surface area (Å²) in [5.41, 5.74) is 2.25. The Morgan fingerprint density at radius 3 is 2.29 bits per heavy atom. The van der Waals surface area contributed by atoms with E-state index in [0.717, 1.165) is 11.1 Å². The Hall–Kier alpha value is -3.01. The van der Waals surface area contributed by atoms with Gasteiger partial charge in [0.1, 0.15) is 0 Å². The van der Waals surface area contributed by atoms with E-state index in [-0.39, 0.29) is 23.6 Å². The number of benzene rings is 1. The fourth-order valence-electron chi connectivity index (χ4n) is 4.46. The summed E-state index contributed by atoms with van der Waals surface area (Å²) in [6.07, 6.45) is -1.72. The molecule has 0 saturated carbocycles. The minimum atomic E-state index is -5.08. The molecule has 2 bridgehead atoms. The van der Waals surface area contributed by atoms with Crippen LogP contribution in [0.2, 0.25) is 0 Å². The highest BCUT2D eigenvalue weighted by Crippen LogP contribution is 2.46. The Kier molecular flexibility index (Phi) is 6.04. The maximum absolute atomic E-state index is 12.7. The van der Waals surface area contributed by atoms with Crippen LogP contribution in [0.15, 0.2) is 36.4 Å². The van der Waals surface area contributed by atoms with Gasteiger partial charge in [-0.2, -0.15) is 13.2 Å². The Labute approximate surface area is 176 Å². The van der Waals surface area contributed by atoms with Crippen LogP contribution in [0, 0.1) is 18.8 Å². The molecule has 3 aliphatic rings. The molecule has 1 N–H and O–H groups in total. The van der Waals surface area contributed by atoms with Crippen LogP contribution in [0.5, 0.6) is 0 Å². The van der Waals surface area contributed by atoms with Crippen LogP contribution in [0.4, 0.5) is 13.2 Å². The predicted octanol–water partition coefficient (Wildman–Crippen LogP) is 1.94. The zero-order chi connectivity index (χ0) is 23.1. The van der Waals surface area contributed by atoms with Crippen molar-refractivity contribution in [2.75, 3.05) is 6.54 Å². The van der Waals surface area contributed by atoms with E-state index < -0.39 is 30.0 Å². The van der Waals surface area contributed by atoms with Crippen molar-refractivity contribution in [3.63, 3.8) is 0 Å². The van der Waals surface area contributed by atoms with Crippen molar-refractivity contribution in [3.05, 3.63) is 47.5 Å². The van der Waals surface area contributed by atoms with E-state index in [9.17, 15) is 27.6 Å². The average molecular weight is 438 g/mol. The molecule has 0 aliphatic carbocycles. The van der Waals surface area contributed by atoms with Gasteiger partial charge < -0.3 is 5.11 Å². The first-order valence-corrected chi connectivity index (χ1v) is 9.66. The summed E-state index contributed by atoms with van der Waals surface area (Å²) in [6, 6.07) is 7.43. The first-order valence-electron chi connectivity index (χ1n) is 9.66. The molecule has 166 valence electrons. The van der Waals surface area contributed by atoms with Crippen LogP contribution >= 0.6 is 0 Å². The fourth-order valence-corrected chi connectivity index (χ4v) is 4.46. The Bertz CT molecular complexity index is 959. The van der Waals surface area contributed by atoms with Crippen molar-refractivity contribution >= 4 is 23.6 Å². The largest absolute Gasteiger partial charge is 0.490 e. The number of nitrogens with zero attached hydrogens (tertiary/aromatic N) is 2. The number of alkyl halides is 3. The number of hydrogen-bond acceptors (Lipinski definition) is 5. The molecule has 4 atom stereocenters. The number of carbonyl (C=O) groups is 4. The van der Waals surface area contributed by atoms with E-state index in [1.54, 1.807) is 13.0 Å². The van der Waals surface area contributed by atoms with Gasteiger partial charge in [-0.05, 0) is 25.5 Å². The van der Waals surface area contributed by atoms with Gasteiger partial charge in [0.05, 0.1) is 17.9 Å². The summed E-state index contributed by atoms with van der Waals surface area (Å²) in [7, 11) is 0. The van der Waals surface area contributed by atoms with E-state index in [4.69, 9.17) is 9.90 Å². The summed E-state index contributed by atoms with van der Waals surface area (Å²) in [5.74, 6) is -4.09. The normalized spacial score (nSPS) is 27.3. The van der Waals surface area contributed by atoms with Gasteiger partial charge in [-0.15, -0.1) is 0 Å². The molecular weight excluding hydrogens is 417 g/mol. The summed E-state index contributed by atoms with van der Waals surface area (Å²) >= 11 is 0. The summed E-state index contributed by atoms with van der Waals surface area (Å²) in [5, 5.41) is 7.12. The number of aliphatic carboxylic acids is 1. The summed E-state index contributed by atoms with van der Waals surface area (Å²) < 4.78 is 31.7. The van der Waals surface area contributed by atoms with E-state index in [1.165, 1.54) is 4.90 Å². The van der Waals surface area contributed by atoms with E-state index in [0.29, 0.717) is 13.1 Å². The van der Waals surface area contributed by atoms with Crippen LogP contribution in [0.1, 0.15) is 18.1 Å². The number of hydrogen-bond donors (Lipinski definition) is 1. The average Bonchev–Trinajstić information content (AvgIpc) is 3.05. The molecule has 10 heteroatoms. The number of carboxylic acid groups (broad SMARTS) is 1. The molecule has 31 heavy (non-hydrogen) atoms. The van der Waals surface area contributed by atoms with Gasteiger partial charge in [-0.3, -0.25) is 24.2 Å². The third-order valence-electron chi connectivity index (χ3n) is 5.69. The molecule has 3 heterocycles. The van der Waals surface area contributed by atoms with E-state index in [2.05, 4.69) is 6.07 Å². The first-order chi connectivity index (χ1) is 14.5. The molecule has 2 fully saturated rings. The number of amides is 2. The van der Waals surface area contributed by atoms with E-state index in [1.807, 2.05) is 36.1 Å². The predicted molar refractivity (Wildman–Crippen MR) is 102 cm³/mol. The van der Waals surface area contributed by atoms with Crippen molar-refractivity contribution < 1.29 is 37.5 Å². The van der Waals surface area contributed by atoms with Gasteiger partial charge in [0.15, 0.2) is 5.78 Å². The SMILES string of the molecule is CCN1C(=O)C2C(C1=O)C1C(=O)C=CC2N1Cc1cccc(C)c1.O=C(O)C(F)(F)F. The number of rotatable bonds is 3. The second-order valence-electron chi connectivity index (χ2n) is 7.63. The van der Waals surface area contributed by atoms with Crippen molar-refractivity contribution in [3.8, 4) is 0 Å². The van der Waals surface area contributed by atoms with Crippen molar-refractivity contribution in [2.45, 2.75) is 38.7 Å². The number of carbonyl (C=O) groups excluding carboxylic acids is 3. The number of carboxylic acids is 1. The number of imide groups is 1. The maximum atomic E-state index is 12.7. The number of fused-ring (bicyclic) bond motifs is 5. The van der Waals surface area contributed by atoms with Gasteiger partial charge in [0.25, 0.3) is 0 Å². The van der Waals surface area contributed by atoms with Crippen LogP contribution in [0.3, 0.4) is 0 Å². The van der Waals surface area contributed by atoms with Gasteiger partial charge in [0, 0.05) is 19.1 Å². The second-order valence-corrected chi connectivity index (χ2v) is 7.63. The Morgan fingerprint density at radius 1 is 1.13 bits per heavy atom. The first kappa shape index (κ1) is 22.7. The minimum Gasteiger partial charge on any atom is -0.475 e. The van der Waals surface area contributed by atoms with Gasteiger partial charge in [0.2, 0.25) is 11.8 Å². The number of aryl methyl sites for hydroxylation is 1. The van der Waals surface area contributed by atoms with Gasteiger partial charge in [-0.1, -0.05) is 35.9 Å². The molecule has 0 aromatic heterocycles. The monoisotopic (exact) mass is 438 g/mol. The van der Waals surface area contributed by atoms with E-state index >= 15 is 0 Å². The molecule has 2 amide bonds. The summed E-state index contributed by atoms with van der Waals surface area (Å²) in [4.78, 5) is 50.1. The third kappa shape index (κ3) is 4.12. The topological polar surface area (TPSA) is 95.0 Å². The molecule has 2 saturated heterocycles. The quantitative estimate of drug-likeness (QED) is 0.725. The minimum absolute atomic E-state index is 0.0643. The van der Waals surface area contributed by atoms with Gasteiger partial charge in [-0.25, -0.2) is 4.79 Å². The number of ketones is 1. The van der Waals surface area contributed by atoms with Crippen molar-refractivity contribution in [2.24, 2.45) is 11.8 Å². The molecule has 0 radical (unpaired) electrons. The maximum Gasteiger partial charge on any atom is 0.490 e. The smallest absolute Gasteiger partial charge is 0.475 e. The number of likely N-dealkylation sites (tertiary alicyclic amines) is 1. The standard InChI is InChI=1S/C19H20N2O3.C2HF3O2/c1-3-20-18(23)15-13-7-8-14(22)17(16(15)19(20)24)21(13)10-12-6-4-5-11(2)9-12;3-2(4,5)1(6)7/h4-9,13,15-17H,3,10H2,1-2H3;(H,6,7). The molecule has 4 rings (SSSR count).